The van der Waals surface area contributed by atoms with Gasteiger partial charge in [0.15, 0.2) is 0 Å². The quantitative estimate of drug-likeness (QED) is 0.490. The van der Waals surface area contributed by atoms with Crippen LogP contribution in [0.15, 0.2) is 40.2 Å². The van der Waals surface area contributed by atoms with Gasteiger partial charge in [0.1, 0.15) is 17.7 Å². The normalized spacial score (nSPS) is 8.76. The molecular formula is C12H7ClN2S2. The monoisotopic (exact) mass is 278 g/mol. The predicted molar refractivity (Wildman–Crippen MR) is 75.7 cm³/mol. The molecule has 0 amide bonds. The van der Waals surface area contributed by atoms with E-state index in [0.29, 0.717) is 20.4 Å². The molecule has 0 aliphatic rings. The highest BCUT2D eigenvalue weighted by molar-refractivity contribution is 8.05. The van der Waals surface area contributed by atoms with E-state index in [1.807, 2.05) is 12.1 Å². The van der Waals surface area contributed by atoms with Crippen LogP contribution in [0, 0.1) is 22.7 Å². The summed E-state index contributed by atoms with van der Waals surface area (Å²) >= 11 is 13.8. The van der Waals surface area contributed by atoms with E-state index in [9.17, 15) is 0 Å². The number of rotatable bonds is 2. The molecule has 17 heavy (non-hydrogen) atoms. The van der Waals surface area contributed by atoms with Crippen molar-refractivity contribution in [1.29, 1.82) is 10.5 Å². The van der Waals surface area contributed by atoms with Crippen molar-refractivity contribution in [3.8, 4) is 12.1 Å². The summed E-state index contributed by atoms with van der Waals surface area (Å²) in [7, 11) is 0. The fraction of sp³-hybridized carbons (Fsp3) is 0. The van der Waals surface area contributed by atoms with Crippen LogP contribution in [0.4, 0.5) is 0 Å². The standard InChI is InChI=1S/C12H7ClN2S2/c13-10-3-1-8(2-4-10)11(5-12(16)17)9(6-14)7-15/h1-5,16-17H. The molecule has 0 saturated heterocycles. The number of benzene rings is 1. The largest absolute Gasteiger partial charge is 0.192 e. The molecule has 0 aliphatic heterocycles. The van der Waals surface area contributed by atoms with Crippen LogP contribution in [-0.4, -0.2) is 0 Å². The van der Waals surface area contributed by atoms with Crippen LogP contribution in [0.25, 0.3) is 5.57 Å². The Balaban J connectivity index is 3.42. The van der Waals surface area contributed by atoms with Gasteiger partial charge in [0.05, 0.1) is 0 Å². The predicted octanol–water partition coefficient (Wildman–Crippen LogP) is 3.84. The highest BCUT2D eigenvalue weighted by Gasteiger charge is 2.07. The molecule has 0 radical (unpaired) electrons. The van der Waals surface area contributed by atoms with Gasteiger partial charge in [-0.05, 0) is 23.8 Å². The average molecular weight is 279 g/mol. The molecule has 0 fully saturated rings. The fourth-order valence-electron chi connectivity index (χ4n) is 1.20. The maximum atomic E-state index is 8.89. The minimum absolute atomic E-state index is 0.00734. The first-order valence-electron chi connectivity index (χ1n) is 4.48. The zero-order valence-electron chi connectivity index (χ0n) is 8.55. The van der Waals surface area contributed by atoms with Gasteiger partial charge in [-0.25, -0.2) is 0 Å². The van der Waals surface area contributed by atoms with Gasteiger partial charge >= 0.3 is 0 Å². The second kappa shape index (κ2) is 6.42. The lowest BCUT2D eigenvalue weighted by Crippen LogP contribution is -1.86. The first-order valence-corrected chi connectivity index (χ1v) is 5.75. The minimum atomic E-state index is 0.00734. The molecule has 0 unspecified atom stereocenters. The summed E-state index contributed by atoms with van der Waals surface area (Å²) in [4.78, 5) is 0. The molecule has 5 heteroatoms. The van der Waals surface area contributed by atoms with Crippen molar-refractivity contribution in [1.82, 2.24) is 0 Å². The first kappa shape index (κ1) is 13.7. The van der Waals surface area contributed by atoms with Gasteiger partial charge < -0.3 is 0 Å². The Morgan fingerprint density at radius 3 is 2.06 bits per heavy atom. The Hall–Kier alpha value is -1.33. The van der Waals surface area contributed by atoms with Crippen molar-refractivity contribution in [2.45, 2.75) is 0 Å². The maximum absolute atomic E-state index is 8.89. The third-order valence-electron chi connectivity index (χ3n) is 1.92. The summed E-state index contributed by atoms with van der Waals surface area (Å²) in [5.74, 6) is 0. The van der Waals surface area contributed by atoms with Crippen molar-refractivity contribution >= 4 is 42.4 Å². The summed E-state index contributed by atoms with van der Waals surface area (Å²) < 4.78 is 0.415. The second-order valence-corrected chi connectivity index (χ2v) is 4.77. The molecule has 0 atom stereocenters. The number of hydrogen-bond acceptors (Lipinski definition) is 4. The molecule has 1 rings (SSSR count). The van der Waals surface area contributed by atoms with E-state index < -0.39 is 0 Å². The molecule has 1 aromatic rings. The van der Waals surface area contributed by atoms with Gasteiger partial charge in [-0.2, -0.15) is 10.5 Å². The Kier molecular flexibility index (Phi) is 5.18. The summed E-state index contributed by atoms with van der Waals surface area (Å²) in [5, 5.41) is 18.4. The molecule has 0 aliphatic carbocycles. The van der Waals surface area contributed by atoms with E-state index in [4.69, 9.17) is 22.1 Å². The van der Waals surface area contributed by atoms with Gasteiger partial charge in [-0.3, -0.25) is 0 Å². The van der Waals surface area contributed by atoms with E-state index in [0.717, 1.165) is 0 Å². The Bertz CT molecular complexity index is 540. The van der Waals surface area contributed by atoms with Gasteiger partial charge in [-0.1, -0.05) is 23.7 Å². The van der Waals surface area contributed by atoms with Crippen molar-refractivity contribution in [3.63, 3.8) is 0 Å². The van der Waals surface area contributed by atoms with Gasteiger partial charge in [0, 0.05) is 14.8 Å². The number of halogens is 1. The molecule has 0 N–H and O–H groups in total. The number of nitrogens with zero attached hydrogens (tertiary/aromatic N) is 2. The summed E-state index contributed by atoms with van der Waals surface area (Å²) in [6.07, 6.45) is 1.55. The Morgan fingerprint density at radius 1 is 1.12 bits per heavy atom. The van der Waals surface area contributed by atoms with E-state index in [-0.39, 0.29) is 5.57 Å². The fourth-order valence-corrected chi connectivity index (χ4v) is 1.59. The highest BCUT2D eigenvalue weighted by Crippen LogP contribution is 2.24. The molecule has 0 bridgehead atoms. The smallest absolute Gasteiger partial charge is 0.137 e. The maximum Gasteiger partial charge on any atom is 0.137 e. The van der Waals surface area contributed by atoms with Crippen LogP contribution < -0.4 is 0 Å². The lowest BCUT2D eigenvalue weighted by Gasteiger charge is -2.03. The van der Waals surface area contributed by atoms with E-state index >= 15 is 0 Å². The lowest BCUT2D eigenvalue weighted by molar-refractivity contribution is 1.46. The van der Waals surface area contributed by atoms with Crippen molar-refractivity contribution in [3.05, 3.63) is 50.7 Å². The van der Waals surface area contributed by atoms with Gasteiger partial charge in [0.2, 0.25) is 0 Å². The Morgan fingerprint density at radius 2 is 1.65 bits per heavy atom. The van der Waals surface area contributed by atoms with Crippen LogP contribution in [-0.2, 0) is 0 Å². The molecular weight excluding hydrogens is 272 g/mol. The SMILES string of the molecule is N#CC(C#N)=C(C=C(S)S)c1ccc(Cl)cc1. The summed E-state index contributed by atoms with van der Waals surface area (Å²) in [6.45, 7) is 0. The topological polar surface area (TPSA) is 47.6 Å². The highest BCUT2D eigenvalue weighted by atomic mass is 35.5. The molecule has 0 saturated carbocycles. The van der Waals surface area contributed by atoms with Crippen LogP contribution in [0.5, 0.6) is 0 Å². The van der Waals surface area contributed by atoms with E-state index in [2.05, 4.69) is 25.3 Å². The van der Waals surface area contributed by atoms with Crippen molar-refractivity contribution in [2.24, 2.45) is 0 Å². The van der Waals surface area contributed by atoms with Crippen LogP contribution in [0.2, 0.25) is 5.02 Å². The van der Waals surface area contributed by atoms with Crippen LogP contribution >= 0.6 is 36.9 Å². The van der Waals surface area contributed by atoms with Crippen molar-refractivity contribution < 1.29 is 0 Å². The van der Waals surface area contributed by atoms with E-state index in [1.54, 1.807) is 30.3 Å². The number of allylic oxidation sites excluding steroid dienone is 3. The molecule has 0 spiro atoms. The summed E-state index contributed by atoms with van der Waals surface area (Å²) in [6, 6.07) is 10.5. The molecule has 0 aromatic heterocycles. The van der Waals surface area contributed by atoms with Crippen LogP contribution in [0.3, 0.4) is 0 Å². The zero-order chi connectivity index (χ0) is 12.8. The van der Waals surface area contributed by atoms with Crippen LogP contribution in [0.1, 0.15) is 5.56 Å². The molecule has 0 heterocycles. The van der Waals surface area contributed by atoms with Gasteiger partial charge in [0.25, 0.3) is 0 Å². The first-order chi connectivity index (χ1) is 8.08. The second-order valence-electron chi connectivity index (χ2n) is 3.02. The van der Waals surface area contributed by atoms with E-state index in [1.165, 1.54) is 0 Å². The molecule has 84 valence electrons. The third-order valence-corrected chi connectivity index (χ3v) is 2.43. The molecule has 1 aromatic carbocycles. The zero-order valence-corrected chi connectivity index (χ0v) is 11.1. The molecule has 2 nitrogen and oxygen atoms in total. The third kappa shape index (κ3) is 3.87. The van der Waals surface area contributed by atoms with Crippen molar-refractivity contribution in [2.75, 3.05) is 0 Å². The summed E-state index contributed by atoms with van der Waals surface area (Å²) in [5.41, 5.74) is 1.20. The Labute approximate surface area is 116 Å². The minimum Gasteiger partial charge on any atom is -0.192 e. The van der Waals surface area contributed by atoms with Gasteiger partial charge in [-0.15, -0.1) is 25.3 Å². The number of hydrogen-bond donors (Lipinski definition) is 2. The number of thiol groups is 2. The lowest BCUT2D eigenvalue weighted by atomic mass is 10.0. The average Bonchev–Trinajstić information content (AvgIpc) is 2.30. The number of nitriles is 2.